The molecule has 7 heteroatoms. The summed E-state index contributed by atoms with van der Waals surface area (Å²) in [5, 5.41) is 13.7. The first-order valence-electron chi connectivity index (χ1n) is 6.10. The fourth-order valence-electron chi connectivity index (χ4n) is 1.30. The van der Waals surface area contributed by atoms with Crippen molar-refractivity contribution in [1.29, 1.82) is 0 Å². The van der Waals surface area contributed by atoms with E-state index < -0.39 is 23.5 Å². The van der Waals surface area contributed by atoms with Gasteiger partial charge in [-0.05, 0) is 12.3 Å². The number of likely N-dealkylation sites (N-methyl/N-ethyl adjacent to an activating group) is 1. The average molecular weight is 273 g/mol. The number of rotatable bonds is 5. The fourth-order valence-corrected chi connectivity index (χ4v) is 1.30. The molecule has 7 nitrogen and oxygen atoms in total. The first-order chi connectivity index (χ1) is 8.59. The van der Waals surface area contributed by atoms with Gasteiger partial charge in [0, 0.05) is 13.6 Å². The molecule has 0 aliphatic heterocycles. The Kier molecular flexibility index (Phi) is 6.31. The molecule has 0 unspecified atom stereocenters. The van der Waals surface area contributed by atoms with Crippen molar-refractivity contribution in [2.45, 2.75) is 33.7 Å². The Bertz CT molecular complexity index is 349. The lowest BCUT2D eigenvalue weighted by atomic mass is 9.87. The minimum Gasteiger partial charge on any atom is -0.480 e. The van der Waals surface area contributed by atoms with Crippen LogP contribution in [-0.2, 0) is 9.59 Å². The topological polar surface area (TPSA) is 98.7 Å². The number of hydrogen-bond acceptors (Lipinski definition) is 3. The smallest absolute Gasteiger partial charge is 0.326 e. The van der Waals surface area contributed by atoms with Crippen LogP contribution in [0.3, 0.4) is 0 Å². The van der Waals surface area contributed by atoms with Crippen molar-refractivity contribution in [3.05, 3.63) is 0 Å². The maximum Gasteiger partial charge on any atom is 0.326 e. The number of nitrogens with zero attached hydrogens (tertiary/aromatic N) is 1. The highest BCUT2D eigenvalue weighted by Gasteiger charge is 2.32. The Balaban J connectivity index is 4.38. The molecule has 1 atom stereocenters. The maximum absolute atomic E-state index is 11.6. The number of carbonyl (C=O) groups excluding carboxylic acids is 2. The molecule has 110 valence electrons. The lowest BCUT2D eigenvalue weighted by Crippen LogP contribution is -2.53. The van der Waals surface area contributed by atoms with Crippen molar-refractivity contribution in [2.75, 3.05) is 20.1 Å². The summed E-state index contributed by atoms with van der Waals surface area (Å²) >= 11 is 0. The molecule has 0 radical (unpaired) electrons. The van der Waals surface area contributed by atoms with Gasteiger partial charge in [0.2, 0.25) is 5.91 Å². The van der Waals surface area contributed by atoms with E-state index in [1.807, 2.05) is 6.92 Å². The molecule has 0 fully saturated rings. The van der Waals surface area contributed by atoms with E-state index >= 15 is 0 Å². The molecule has 0 saturated heterocycles. The Hall–Kier alpha value is -1.79. The molecule has 0 rings (SSSR count). The number of hydrogen-bond donors (Lipinski definition) is 3. The van der Waals surface area contributed by atoms with E-state index in [9.17, 15) is 14.4 Å². The van der Waals surface area contributed by atoms with Crippen molar-refractivity contribution < 1.29 is 19.5 Å². The molecule has 0 bridgehead atoms. The second-order valence-electron chi connectivity index (χ2n) is 5.37. The maximum atomic E-state index is 11.6. The van der Waals surface area contributed by atoms with Gasteiger partial charge in [-0.2, -0.15) is 0 Å². The normalized spacial score (nSPS) is 12.5. The SMILES string of the molecule is CCN(C)C(=O)CNC(=O)N[C@@H](C(=O)O)C(C)(C)C. The van der Waals surface area contributed by atoms with E-state index in [0.717, 1.165) is 0 Å². The summed E-state index contributed by atoms with van der Waals surface area (Å²) < 4.78 is 0. The Morgan fingerprint density at radius 2 is 1.79 bits per heavy atom. The minimum atomic E-state index is -1.11. The van der Waals surface area contributed by atoms with Gasteiger partial charge in [-0.3, -0.25) is 4.79 Å². The van der Waals surface area contributed by atoms with Crippen molar-refractivity contribution in [3.63, 3.8) is 0 Å². The van der Waals surface area contributed by atoms with Gasteiger partial charge in [-0.25, -0.2) is 9.59 Å². The monoisotopic (exact) mass is 273 g/mol. The van der Waals surface area contributed by atoms with E-state index in [0.29, 0.717) is 6.54 Å². The molecule has 0 aliphatic rings. The van der Waals surface area contributed by atoms with Crippen LogP contribution in [0.4, 0.5) is 4.79 Å². The van der Waals surface area contributed by atoms with E-state index in [1.54, 1.807) is 27.8 Å². The quantitative estimate of drug-likeness (QED) is 0.669. The molecule has 3 amide bonds. The molecule has 0 spiro atoms. The standard InChI is InChI=1S/C12H23N3O4/c1-6-15(5)8(16)7-13-11(19)14-9(10(17)18)12(2,3)4/h9H,6-7H2,1-5H3,(H,17,18)(H2,13,14,19)/t9-/m0/s1. The van der Waals surface area contributed by atoms with Crippen molar-refractivity contribution in [2.24, 2.45) is 5.41 Å². The zero-order chi connectivity index (χ0) is 15.2. The van der Waals surface area contributed by atoms with Crippen LogP contribution in [0.1, 0.15) is 27.7 Å². The highest BCUT2D eigenvalue weighted by atomic mass is 16.4. The van der Waals surface area contributed by atoms with Gasteiger partial charge >= 0.3 is 12.0 Å². The molecular weight excluding hydrogens is 250 g/mol. The lowest BCUT2D eigenvalue weighted by molar-refractivity contribution is -0.141. The lowest BCUT2D eigenvalue weighted by Gasteiger charge is -2.27. The van der Waals surface area contributed by atoms with Crippen molar-refractivity contribution in [1.82, 2.24) is 15.5 Å². The molecule has 0 aromatic heterocycles. The number of carbonyl (C=O) groups is 3. The highest BCUT2D eigenvalue weighted by molar-refractivity contribution is 5.86. The van der Waals surface area contributed by atoms with Gasteiger partial charge in [0.1, 0.15) is 6.04 Å². The summed E-state index contributed by atoms with van der Waals surface area (Å²) in [4.78, 5) is 35.5. The Labute approximate surface area is 113 Å². The van der Waals surface area contributed by atoms with E-state index in [4.69, 9.17) is 5.11 Å². The van der Waals surface area contributed by atoms with Crippen LogP contribution < -0.4 is 10.6 Å². The van der Waals surface area contributed by atoms with Gasteiger partial charge in [0.25, 0.3) is 0 Å². The molecule has 0 saturated carbocycles. The highest BCUT2D eigenvalue weighted by Crippen LogP contribution is 2.19. The van der Waals surface area contributed by atoms with Crippen LogP contribution >= 0.6 is 0 Å². The molecule has 0 aromatic rings. The van der Waals surface area contributed by atoms with Crippen LogP contribution in [0.5, 0.6) is 0 Å². The molecule has 0 aliphatic carbocycles. The molecule has 3 N–H and O–H groups in total. The average Bonchev–Trinajstić information content (AvgIpc) is 2.29. The van der Waals surface area contributed by atoms with Crippen LogP contribution in [0, 0.1) is 5.41 Å². The second kappa shape index (κ2) is 6.96. The third-order valence-electron chi connectivity index (χ3n) is 2.69. The van der Waals surface area contributed by atoms with Crippen molar-refractivity contribution in [3.8, 4) is 0 Å². The number of aliphatic carboxylic acids is 1. The van der Waals surface area contributed by atoms with Gasteiger partial charge in [0.15, 0.2) is 0 Å². The molecular formula is C12H23N3O4. The first kappa shape index (κ1) is 17.2. The summed E-state index contributed by atoms with van der Waals surface area (Å²) in [5.41, 5.74) is -0.618. The summed E-state index contributed by atoms with van der Waals surface area (Å²) in [7, 11) is 1.62. The summed E-state index contributed by atoms with van der Waals surface area (Å²) in [5.74, 6) is -1.35. The Morgan fingerprint density at radius 3 is 2.16 bits per heavy atom. The number of urea groups is 1. The third kappa shape index (κ3) is 6.08. The van der Waals surface area contributed by atoms with Gasteiger partial charge in [0.05, 0.1) is 6.54 Å². The van der Waals surface area contributed by atoms with E-state index in [2.05, 4.69) is 10.6 Å². The predicted octanol–water partition coefficient (Wildman–Crippen LogP) is 0.263. The van der Waals surface area contributed by atoms with Crippen LogP contribution in [0.25, 0.3) is 0 Å². The largest absolute Gasteiger partial charge is 0.480 e. The summed E-state index contributed by atoms with van der Waals surface area (Å²) in [6.45, 7) is 7.33. The summed E-state index contributed by atoms with van der Waals surface area (Å²) in [6.07, 6.45) is 0. The zero-order valence-corrected chi connectivity index (χ0v) is 12.1. The fraction of sp³-hybridized carbons (Fsp3) is 0.750. The number of nitrogens with one attached hydrogen (secondary N) is 2. The number of amides is 3. The minimum absolute atomic E-state index is 0.160. The van der Waals surface area contributed by atoms with Crippen LogP contribution in [0.2, 0.25) is 0 Å². The molecule has 19 heavy (non-hydrogen) atoms. The van der Waals surface area contributed by atoms with Gasteiger partial charge < -0.3 is 20.6 Å². The number of carboxylic acid groups (broad SMARTS) is 1. The van der Waals surface area contributed by atoms with E-state index in [-0.39, 0.29) is 12.5 Å². The van der Waals surface area contributed by atoms with Gasteiger partial charge in [-0.15, -0.1) is 0 Å². The molecule has 0 heterocycles. The van der Waals surface area contributed by atoms with Gasteiger partial charge in [-0.1, -0.05) is 20.8 Å². The van der Waals surface area contributed by atoms with Crippen LogP contribution in [0.15, 0.2) is 0 Å². The predicted molar refractivity (Wildman–Crippen MR) is 70.7 cm³/mol. The number of carboxylic acids is 1. The van der Waals surface area contributed by atoms with Crippen molar-refractivity contribution >= 4 is 17.9 Å². The second-order valence-corrected chi connectivity index (χ2v) is 5.37. The Morgan fingerprint density at radius 1 is 1.26 bits per heavy atom. The van der Waals surface area contributed by atoms with E-state index in [1.165, 1.54) is 4.90 Å². The summed E-state index contributed by atoms with van der Waals surface area (Å²) in [6, 6.07) is -1.69. The molecule has 0 aromatic carbocycles. The zero-order valence-electron chi connectivity index (χ0n) is 12.1. The first-order valence-corrected chi connectivity index (χ1v) is 6.10. The third-order valence-corrected chi connectivity index (χ3v) is 2.69. The van der Waals surface area contributed by atoms with Crippen LogP contribution in [-0.4, -0.2) is 54.1 Å².